The smallest absolute Gasteiger partial charge is 0.212 e. The monoisotopic (exact) mass is 297 g/mol. The number of hydrogen-bond donors (Lipinski definition) is 1. The first-order valence-corrected chi connectivity index (χ1v) is 7.68. The molecule has 114 valence electrons. The summed E-state index contributed by atoms with van der Waals surface area (Å²) in [5, 5.41) is 12.9. The number of ketones is 1. The summed E-state index contributed by atoms with van der Waals surface area (Å²) >= 11 is 0. The number of aryl methyl sites for hydroxylation is 1. The highest BCUT2D eigenvalue weighted by atomic mass is 16.4. The van der Waals surface area contributed by atoms with Crippen LogP contribution in [0.1, 0.15) is 59.8 Å². The fourth-order valence-electron chi connectivity index (χ4n) is 2.97. The van der Waals surface area contributed by atoms with Crippen molar-refractivity contribution in [2.45, 2.75) is 39.7 Å². The summed E-state index contributed by atoms with van der Waals surface area (Å²) in [6.07, 6.45) is 2.76. The second-order valence-electron chi connectivity index (χ2n) is 5.41. The number of carbonyl (C=O) groups is 1. The highest BCUT2D eigenvalue weighted by Crippen LogP contribution is 2.28. The Balaban J connectivity index is 2.24. The molecule has 5 heteroatoms. The van der Waals surface area contributed by atoms with E-state index in [-0.39, 0.29) is 5.78 Å². The largest absolute Gasteiger partial charge is 0.410 e. The number of nitrogens with zero attached hydrogens (tertiary/aromatic N) is 3. The Morgan fingerprint density at radius 3 is 2.59 bits per heavy atom. The maximum atomic E-state index is 12.9. The highest BCUT2D eigenvalue weighted by Gasteiger charge is 2.34. The Kier molecular flexibility index (Phi) is 3.79. The molecule has 1 N–H and O–H groups in total. The lowest BCUT2D eigenvalue weighted by atomic mass is 9.89. The van der Waals surface area contributed by atoms with Crippen LogP contribution in [0.4, 0.5) is 0 Å². The van der Waals surface area contributed by atoms with Gasteiger partial charge < -0.3 is 9.77 Å². The van der Waals surface area contributed by atoms with Crippen LogP contribution in [-0.2, 0) is 13.0 Å². The van der Waals surface area contributed by atoms with Gasteiger partial charge >= 0.3 is 0 Å². The predicted molar refractivity (Wildman–Crippen MR) is 83.8 cm³/mol. The minimum Gasteiger partial charge on any atom is -0.410 e. The second-order valence-corrected chi connectivity index (χ2v) is 5.41. The van der Waals surface area contributed by atoms with Crippen LogP contribution in [0, 0.1) is 0 Å². The summed E-state index contributed by atoms with van der Waals surface area (Å²) in [5.41, 5.74) is 2.65. The molecular formula is C17H19N3O2. The summed E-state index contributed by atoms with van der Waals surface area (Å²) in [4.78, 5) is 17.5. The highest BCUT2D eigenvalue weighted by molar-refractivity contribution is 6.28. The van der Waals surface area contributed by atoms with Crippen LogP contribution in [-0.4, -0.2) is 26.3 Å². The van der Waals surface area contributed by atoms with Gasteiger partial charge in [0.2, 0.25) is 5.78 Å². The van der Waals surface area contributed by atoms with Crippen molar-refractivity contribution in [3.63, 3.8) is 0 Å². The first-order valence-electron chi connectivity index (χ1n) is 7.68. The zero-order chi connectivity index (χ0) is 15.7. The number of imidazole rings is 1. The molecule has 0 fully saturated rings. The van der Waals surface area contributed by atoms with Crippen LogP contribution in [0.15, 0.2) is 29.4 Å². The molecule has 1 aromatic carbocycles. The number of carbonyl (C=O) groups excluding carboxylic acids is 1. The van der Waals surface area contributed by atoms with Crippen molar-refractivity contribution >= 4 is 11.5 Å². The molecule has 5 nitrogen and oxygen atoms in total. The van der Waals surface area contributed by atoms with Gasteiger partial charge in [-0.3, -0.25) is 4.79 Å². The molecule has 3 rings (SSSR count). The van der Waals surface area contributed by atoms with E-state index in [0.29, 0.717) is 28.2 Å². The van der Waals surface area contributed by atoms with Gasteiger partial charge in [-0.2, -0.15) is 0 Å². The first-order chi connectivity index (χ1) is 10.7. The predicted octanol–water partition coefficient (Wildman–Crippen LogP) is 3.02. The number of oxime groups is 1. The Labute approximate surface area is 129 Å². The molecule has 0 aliphatic heterocycles. The van der Waals surface area contributed by atoms with Crippen molar-refractivity contribution in [1.82, 2.24) is 9.55 Å². The van der Waals surface area contributed by atoms with Crippen LogP contribution < -0.4 is 0 Å². The standard InChI is InChI=1S/C17H19N3O2/c1-3-5-10-20-13(4-2)18-15-14(19-22)11-8-6-7-9-12(11)17(21)16(15)20/h6-9,22H,3-5,10H2,1-2H3/b19-14+. The summed E-state index contributed by atoms with van der Waals surface area (Å²) < 4.78 is 1.99. The van der Waals surface area contributed by atoms with Gasteiger partial charge in [0.15, 0.2) is 0 Å². The van der Waals surface area contributed by atoms with Gasteiger partial charge in [-0.05, 0) is 6.42 Å². The quantitative estimate of drug-likeness (QED) is 0.594. The van der Waals surface area contributed by atoms with E-state index in [0.717, 1.165) is 31.6 Å². The molecule has 0 saturated carbocycles. The minimum absolute atomic E-state index is 0.0405. The van der Waals surface area contributed by atoms with Gasteiger partial charge in [-0.15, -0.1) is 0 Å². The van der Waals surface area contributed by atoms with Crippen molar-refractivity contribution in [2.75, 3.05) is 0 Å². The van der Waals surface area contributed by atoms with Gasteiger partial charge in [0.25, 0.3) is 0 Å². The normalized spacial score (nSPS) is 15.0. The maximum absolute atomic E-state index is 12.9. The van der Waals surface area contributed by atoms with Gasteiger partial charge in [-0.1, -0.05) is 49.7 Å². The molecule has 1 aromatic heterocycles. The number of hydrogen-bond acceptors (Lipinski definition) is 4. The van der Waals surface area contributed by atoms with E-state index in [9.17, 15) is 10.0 Å². The molecule has 1 aliphatic carbocycles. The lowest BCUT2D eigenvalue weighted by molar-refractivity contribution is 0.102. The molecule has 1 heterocycles. The van der Waals surface area contributed by atoms with Gasteiger partial charge in [0.05, 0.1) is 0 Å². The number of fused-ring (bicyclic) bond motifs is 2. The maximum Gasteiger partial charge on any atom is 0.212 e. The molecule has 0 atom stereocenters. The molecule has 0 radical (unpaired) electrons. The Morgan fingerprint density at radius 1 is 1.23 bits per heavy atom. The molecular weight excluding hydrogens is 278 g/mol. The molecule has 0 bridgehead atoms. The summed E-state index contributed by atoms with van der Waals surface area (Å²) in [6, 6.07) is 7.22. The third-order valence-electron chi connectivity index (χ3n) is 4.06. The van der Waals surface area contributed by atoms with E-state index in [1.54, 1.807) is 12.1 Å². The van der Waals surface area contributed by atoms with E-state index in [1.807, 2.05) is 23.6 Å². The van der Waals surface area contributed by atoms with Crippen molar-refractivity contribution in [2.24, 2.45) is 5.16 Å². The van der Waals surface area contributed by atoms with Gasteiger partial charge in [0.1, 0.15) is 22.9 Å². The molecule has 0 saturated heterocycles. The zero-order valence-electron chi connectivity index (χ0n) is 12.8. The van der Waals surface area contributed by atoms with Crippen molar-refractivity contribution in [1.29, 1.82) is 0 Å². The van der Waals surface area contributed by atoms with E-state index < -0.39 is 0 Å². The van der Waals surface area contributed by atoms with Crippen molar-refractivity contribution in [3.8, 4) is 0 Å². The van der Waals surface area contributed by atoms with Crippen LogP contribution in [0.2, 0.25) is 0 Å². The fraction of sp³-hybridized carbons (Fsp3) is 0.353. The molecule has 0 amide bonds. The molecule has 2 aromatic rings. The number of unbranched alkanes of at least 4 members (excludes halogenated alkanes) is 1. The Hall–Kier alpha value is -2.43. The lowest BCUT2D eigenvalue weighted by Gasteiger charge is -2.17. The van der Waals surface area contributed by atoms with E-state index >= 15 is 0 Å². The lowest BCUT2D eigenvalue weighted by Crippen LogP contribution is -2.24. The van der Waals surface area contributed by atoms with Crippen LogP contribution in [0.25, 0.3) is 0 Å². The van der Waals surface area contributed by atoms with Gasteiger partial charge in [-0.25, -0.2) is 4.98 Å². The molecule has 0 spiro atoms. The third-order valence-corrected chi connectivity index (χ3v) is 4.06. The first kappa shape index (κ1) is 14.5. The van der Waals surface area contributed by atoms with E-state index in [1.165, 1.54) is 0 Å². The molecule has 1 aliphatic rings. The average Bonchev–Trinajstić information content (AvgIpc) is 2.92. The summed E-state index contributed by atoms with van der Waals surface area (Å²) in [7, 11) is 0. The molecule has 0 unspecified atom stereocenters. The molecule has 22 heavy (non-hydrogen) atoms. The fourth-order valence-corrected chi connectivity index (χ4v) is 2.97. The van der Waals surface area contributed by atoms with Crippen molar-refractivity contribution in [3.05, 3.63) is 52.6 Å². The zero-order valence-corrected chi connectivity index (χ0v) is 12.8. The summed E-state index contributed by atoms with van der Waals surface area (Å²) in [5.74, 6) is 0.821. The van der Waals surface area contributed by atoms with E-state index in [4.69, 9.17) is 0 Å². The second kappa shape index (κ2) is 5.75. The van der Waals surface area contributed by atoms with Crippen LogP contribution in [0.5, 0.6) is 0 Å². The topological polar surface area (TPSA) is 67.5 Å². The average molecular weight is 297 g/mol. The van der Waals surface area contributed by atoms with Gasteiger partial charge in [0, 0.05) is 24.1 Å². The number of rotatable bonds is 4. The Morgan fingerprint density at radius 2 is 1.95 bits per heavy atom. The summed E-state index contributed by atoms with van der Waals surface area (Å²) in [6.45, 7) is 4.89. The van der Waals surface area contributed by atoms with Crippen molar-refractivity contribution < 1.29 is 10.0 Å². The number of benzene rings is 1. The minimum atomic E-state index is -0.0405. The van der Waals surface area contributed by atoms with E-state index in [2.05, 4.69) is 17.1 Å². The SMILES string of the molecule is CCCCn1c(CC)nc2c1C(=O)c1ccccc1/C2=N\O. The Bertz CT molecular complexity index is 759. The van der Waals surface area contributed by atoms with Crippen LogP contribution >= 0.6 is 0 Å². The third kappa shape index (κ3) is 2.04. The van der Waals surface area contributed by atoms with Crippen LogP contribution in [0.3, 0.4) is 0 Å². The number of aromatic nitrogens is 2.